The summed E-state index contributed by atoms with van der Waals surface area (Å²) in [6, 6.07) is 12.4. The van der Waals surface area contributed by atoms with Gasteiger partial charge in [0.15, 0.2) is 0 Å². The average molecular weight is 261 g/mol. The van der Waals surface area contributed by atoms with Crippen LogP contribution in [-0.4, -0.2) is 12.0 Å². The molecule has 1 aromatic carbocycles. The molecule has 2 rings (SSSR count). The highest BCUT2D eigenvalue weighted by atomic mass is 35.5. The number of rotatable bonds is 4. The average Bonchev–Trinajstić information content (AvgIpc) is 2.39. The number of halogens is 1. The Bertz CT molecular complexity index is 508. The molecular weight excluding hydrogens is 244 g/mol. The zero-order chi connectivity index (χ0) is 13.0. The first-order valence-corrected chi connectivity index (χ1v) is 6.41. The van der Waals surface area contributed by atoms with Crippen LogP contribution in [-0.2, 0) is 6.42 Å². The van der Waals surface area contributed by atoms with Crippen molar-refractivity contribution >= 4 is 11.6 Å². The zero-order valence-corrected chi connectivity index (χ0v) is 11.4. The monoisotopic (exact) mass is 260 g/mol. The molecule has 2 aromatic rings. The van der Waals surface area contributed by atoms with Gasteiger partial charge < -0.3 is 5.32 Å². The Hall–Kier alpha value is -1.38. The molecule has 0 saturated heterocycles. The van der Waals surface area contributed by atoms with Gasteiger partial charge in [-0.3, -0.25) is 4.98 Å². The van der Waals surface area contributed by atoms with Crippen LogP contribution >= 0.6 is 11.6 Å². The highest BCUT2D eigenvalue weighted by molar-refractivity contribution is 6.30. The number of aromatic nitrogens is 1. The van der Waals surface area contributed by atoms with Crippen molar-refractivity contribution in [2.24, 2.45) is 0 Å². The molecular formula is C15H17ClN2. The maximum atomic E-state index is 5.90. The molecule has 0 bridgehead atoms. The molecule has 1 unspecified atom stereocenters. The lowest BCUT2D eigenvalue weighted by Gasteiger charge is -2.18. The molecule has 0 aliphatic rings. The maximum absolute atomic E-state index is 5.90. The summed E-state index contributed by atoms with van der Waals surface area (Å²) < 4.78 is 0. The van der Waals surface area contributed by atoms with E-state index in [1.54, 1.807) is 0 Å². The molecule has 1 atom stereocenters. The van der Waals surface area contributed by atoms with E-state index in [0.717, 1.165) is 17.1 Å². The van der Waals surface area contributed by atoms with Crippen LogP contribution in [0.3, 0.4) is 0 Å². The molecule has 1 N–H and O–H groups in total. The number of nitrogens with one attached hydrogen (secondary N) is 1. The van der Waals surface area contributed by atoms with Crippen molar-refractivity contribution in [2.45, 2.75) is 19.4 Å². The number of nitrogens with zero attached hydrogens (tertiary/aromatic N) is 1. The maximum Gasteiger partial charge on any atom is 0.0420 e. The Morgan fingerprint density at radius 3 is 2.56 bits per heavy atom. The van der Waals surface area contributed by atoms with Crippen LogP contribution in [0.15, 0.2) is 42.6 Å². The third-order valence-electron chi connectivity index (χ3n) is 3.12. The molecule has 0 amide bonds. The molecule has 94 valence electrons. The molecule has 1 heterocycles. The molecule has 18 heavy (non-hydrogen) atoms. The standard InChI is InChI=1S/C15H17ClN2/c1-11-14(4-3-9-18-11)15(17-2)10-12-5-7-13(16)8-6-12/h3-9,15,17H,10H2,1-2H3. The summed E-state index contributed by atoms with van der Waals surface area (Å²) in [6.07, 6.45) is 2.76. The van der Waals surface area contributed by atoms with E-state index in [1.807, 2.05) is 38.4 Å². The van der Waals surface area contributed by atoms with Crippen LogP contribution in [0.2, 0.25) is 5.02 Å². The highest BCUT2D eigenvalue weighted by Crippen LogP contribution is 2.21. The van der Waals surface area contributed by atoms with Crippen LogP contribution in [0.4, 0.5) is 0 Å². The predicted octanol–water partition coefficient (Wildman–Crippen LogP) is 3.55. The summed E-state index contributed by atoms with van der Waals surface area (Å²) in [5.41, 5.74) is 3.59. The minimum absolute atomic E-state index is 0.278. The second kappa shape index (κ2) is 5.98. The fourth-order valence-corrected chi connectivity index (χ4v) is 2.21. The van der Waals surface area contributed by atoms with E-state index in [9.17, 15) is 0 Å². The van der Waals surface area contributed by atoms with Crippen LogP contribution in [0.5, 0.6) is 0 Å². The molecule has 0 aliphatic heterocycles. The number of hydrogen-bond acceptors (Lipinski definition) is 2. The van der Waals surface area contributed by atoms with Crippen molar-refractivity contribution in [3.05, 3.63) is 64.4 Å². The summed E-state index contributed by atoms with van der Waals surface area (Å²) >= 11 is 5.90. The number of likely N-dealkylation sites (N-methyl/N-ethyl adjacent to an activating group) is 1. The van der Waals surface area contributed by atoms with Gasteiger partial charge in [-0.15, -0.1) is 0 Å². The Balaban J connectivity index is 2.20. The lowest BCUT2D eigenvalue weighted by Crippen LogP contribution is -2.20. The van der Waals surface area contributed by atoms with Gasteiger partial charge in [-0.1, -0.05) is 29.8 Å². The van der Waals surface area contributed by atoms with E-state index in [-0.39, 0.29) is 6.04 Å². The predicted molar refractivity (Wildman–Crippen MR) is 75.9 cm³/mol. The van der Waals surface area contributed by atoms with E-state index in [4.69, 9.17) is 11.6 Å². The van der Waals surface area contributed by atoms with Gasteiger partial charge in [0.2, 0.25) is 0 Å². The fourth-order valence-electron chi connectivity index (χ4n) is 2.09. The smallest absolute Gasteiger partial charge is 0.0420 e. The second-order valence-electron chi connectivity index (χ2n) is 4.35. The quantitative estimate of drug-likeness (QED) is 0.910. The first kappa shape index (κ1) is 13.1. The topological polar surface area (TPSA) is 24.9 Å². The lowest BCUT2D eigenvalue weighted by atomic mass is 9.98. The highest BCUT2D eigenvalue weighted by Gasteiger charge is 2.12. The molecule has 0 saturated carbocycles. The number of pyridine rings is 1. The first-order valence-electron chi connectivity index (χ1n) is 6.04. The number of aryl methyl sites for hydroxylation is 1. The van der Waals surface area contributed by atoms with Crippen LogP contribution in [0, 0.1) is 6.92 Å². The Labute approximate surface area is 113 Å². The van der Waals surface area contributed by atoms with Crippen molar-refractivity contribution in [3.8, 4) is 0 Å². The molecule has 3 heteroatoms. The van der Waals surface area contributed by atoms with Crippen molar-refractivity contribution < 1.29 is 0 Å². The minimum atomic E-state index is 0.278. The third-order valence-corrected chi connectivity index (χ3v) is 3.38. The van der Waals surface area contributed by atoms with E-state index < -0.39 is 0 Å². The van der Waals surface area contributed by atoms with Crippen molar-refractivity contribution in [3.63, 3.8) is 0 Å². The van der Waals surface area contributed by atoms with Crippen molar-refractivity contribution in [2.75, 3.05) is 7.05 Å². The van der Waals surface area contributed by atoms with Gasteiger partial charge in [0.25, 0.3) is 0 Å². The number of benzene rings is 1. The zero-order valence-electron chi connectivity index (χ0n) is 10.7. The largest absolute Gasteiger partial charge is 0.313 e. The SMILES string of the molecule is CNC(Cc1ccc(Cl)cc1)c1cccnc1C. The normalized spacial score (nSPS) is 12.4. The molecule has 0 aliphatic carbocycles. The lowest BCUT2D eigenvalue weighted by molar-refractivity contribution is 0.586. The summed E-state index contributed by atoms with van der Waals surface area (Å²) in [6.45, 7) is 2.04. The molecule has 1 aromatic heterocycles. The van der Waals surface area contributed by atoms with E-state index in [2.05, 4.69) is 28.5 Å². The Morgan fingerprint density at radius 2 is 1.94 bits per heavy atom. The van der Waals surface area contributed by atoms with Gasteiger partial charge in [0.05, 0.1) is 0 Å². The number of hydrogen-bond donors (Lipinski definition) is 1. The van der Waals surface area contributed by atoms with Gasteiger partial charge in [0, 0.05) is 23.0 Å². The molecule has 0 fully saturated rings. The molecule has 0 radical (unpaired) electrons. The van der Waals surface area contributed by atoms with Crippen molar-refractivity contribution in [1.82, 2.24) is 10.3 Å². The van der Waals surface area contributed by atoms with E-state index in [0.29, 0.717) is 0 Å². The molecule has 2 nitrogen and oxygen atoms in total. The van der Waals surface area contributed by atoms with Crippen LogP contribution in [0.25, 0.3) is 0 Å². The van der Waals surface area contributed by atoms with E-state index in [1.165, 1.54) is 11.1 Å². The van der Waals surface area contributed by atoms with Gasteiger partial charge in [-0.2, -0.15) is 0 Å². The van der Waals surface area contributed by atoms with Crippen molar-refractivity contribution in [1.29, 1.82) is 0 Å². The Kier molecular flexibility index (Phi) is 4.34. The second-order valence-corrected chi connectivity index (χ2v) is 4.79. The van der Waals surface area contributed by atoms with Gasteiger partial charge in [-0.25, -0.2) is 0 Å². The molecule has 0 spiro atoms. The summed E-state index contributed by atoms with van der Waals surface area (Å²) in [5.74, 6) is 0. The van der Waals surface area contributed by atoms with Crippen LogP contribution < -0.4 is 5.32 Å². The van der Waals surface area contributed by atoms with E-state index >= 15 is 0 Å². The summed E-state index contributed by atoms with van der Waals surface area (Å²) in [7, 11) is 1.98. The minimum Gasteiger partial charge on any atom is -0.313 e. The Morgan fingerprint density at radius 1 is 1.22 bits per heavy atom. The first-order chi connectivity index (χ1) is 8.70. The van der Waals surface area contributed by atoms with Crippen LogP contribution in [0.1, 0.15) is 22.9 Å². The third kappa shape index (κ3) is 3.09. The summed E-state index contributed by atoms with van der Waals surface area (Å²) in [4.78, 5) is 4.34. The van der Waals surface area contributed by atoms with Gasteiger partial charge >= 0.3 is 0 Å². The van der Waals surface area contributed by atoms with Gasteiger partial charge in [-0.05, 0) is 49.7 Å². The van der Waals surface area contributed by atoms with Gasteiger partial charge in [0.1, 0.15) is 0 Å². The summed E-state index contributed by atoms with van der Waals surface area (Å²) in [5, 5.41) is 4.12. The fraction of sp³-hybridized carbons (Fsp3) is 0.267.